The molecule has 3 rings (SSSR count). The average Bonchev–Trinajstić information content (AvgIpc) is 3.04. The molecule has 1 N–H and O–H groups in total. The lowest BCUT2D eigenvalue weighted by atomic mass is 9.81. The summed E-state index contributed by atoms with van der Waals surface area (Å²) in [5.41, 5.74) is -0.758. The number of likely N-dealkylation sites (tertiary alicyclic amines) is 1. The fourth-order valence-electron chi connectivity index (χ4n) is 3.86. The quantitative estimate of drug-likeness (QED) is 0.917. The lowest BCUT2D eigenvalue weighted by molar-refractivity contribution is -0.150. The van der Waals surface area contributed by atoms with Crippen molar-refractivity contribution in [3.63, 3.8) is 0 Å². The Morgan fingerprint density at radius 3 is 2.91 bits per heavy atom. The number of fused-ring (bicyclic) bond motifs is 1. The predicted octanol–water partition coefficient (Wildman–Crippen LogP) is 2.82. The zero-order valence-electron chi connectivity index (χ0n) is 13.0. The third kappa shape index (κ3) is 2.90. The predicted molar refractivity (Wildman–Crippen MR) is 85.5 cm³/mol. The lowest BCUT2D eigenvalue weighted by Crippen LogP contribution is -2.42. The number of hydrogen-bond donors (Lipinski definition) is 1. The fraction of sp³-hybridized carbons (Fsp3) is 0.529. The maximum absolute atomic E-state index is 12.6. The molecule has 0 radical (unpaired) electrons. The first-order chi connectivity index (χ1) is 10.9. The number of carbonyl (C=O) groups excluding carboxylic acids is 1. The lowest BCUT2D eigenvalue weighted by Gasteiger charge is -2.25. The molecule has 0 spiro atoms. The van der Waals surface area contributed by atoms with E-state index in [2.05, 4.69) is 0 Å². The van der Waals surface area contributed by atoms with Crippen LogP contribution in [0.2, 0.25) is 5.02 Å². The van der Waals surface area contributed by atoms with Gasteiger partial charge in [-0.25, -0.2) is 0 Å². The third-order valence-electron chi connectivity index (χ3n) is 5.07. The first-order valence-corrected chi connectivity index (χ1v) is 8.24. The number of aliphatic carboxylic acids is 1. The monoisotopic (exact) mass is 337 g/mol. The Labute approximate surface area is 140 Å². The molecule has 6 heteroatoms. The van der Waals surface area contributed by atoms with Gasteiger partial charge in [-0.1, -0.05) is 24.1 Å². The van der Waals surface area contributed by atoms with Crippen molar-refractivity contribution in [2.24, 2.45) is 11.3 Å². The fourth-order valence-corrected chi connectivity index (χ4v) is 4.04. The van der Waals surface area contributed by atoms with Gasteiger partial charge in [0.2, 0.25) is 0 Å². The summed E-state index contributed by atoms with van der Waals surface area (Å²) in [5, 5.41) is 10.1. The molecule has 1 heterocycles. The smallest absolute Gasteiger partial charge is 0.311 e. The number of carboxylic acid groups (broad SMARTS) is 1. The summed E-state index contributed by atoms with van der Waals surface area (Å²) in [6.45, 7) is 2.48. The molecule has 1 amide bonds. The van der Waals surface area contributed by atoms with Crippen molar-refractivity contribution in [2.75, 3.05) is 13.1 Å². The molecule has 124 valence electrons. The molecule has 0 bridgehead atoms. The normalized spacial score (nSPS) is 27.6. The highest BCUT2D eigenvalue weighted by Crippen LogP contribution is 2.49. The highest BCUT2D eigenvalue weighted by molar-refractivity contribution is 6.30. The van der Waals surface area contributed by atoms with Crippen LogP contribution >= 0.6 is 11.6 Å². The number of benzene rings is 1. The Morgan fingerprint density at radius 2 is 2.26 bits per heavy atom. The second kappa shape index (κ2) is 6.04. The molecule has 23 heavy (non-hydrogen) atoms. The van der Waals surface area contributed by atoms with Gasteiger partial charge >= 0.3 is 5.97 Å². The summed E-state index contributed by atoms with van der Waals surface area (Å²) in [6, 6.07) is 6.89. The second-order valence-corrected chi connectivity index (χ2v) is 6.92. The van der Waals surface area contributed by atoms with Crippen molar-refractivity contribution >= 4 is 23.5 Å². The van der Waals surface area contributed by atoms with Crippen LogP contribution < -0.4 is 4.74 Å². The minimum Gasteiger partial charge on any atom is -0.481 e. The van der Waals surface area contributed by atoms with Crippen molar-refractivity contribution in [3.05, 3.63) is 29.3 Å². The maximum Gasteiger partial charge on any atom is 0.311 e. The highest BCUT2D eigenvalue weighted by Gasteiger charge is 2.56. The van der Waals surface area contributed by atoms with Crippen LogP contribution in [0, 0.1) is 11.3 Å². The first kappa shape index (κ1) is 16.1. The first-order valence-electron chi connectivity index (χ1n) is 7.87. The van der Waals surface area contributed by atoms with E-state index in [4.69, 9.17) is 16.3 Å². The number of rotatable bonds is 4. The molecule has 3 atom stereocenters. The van der Waals surface area contributed by atoms with Gasteiger partial charge < -0.3 is 14.7 Å². The van der Waals surface area contributed by atoms with Gasteiger partial charge in [-0.15, -0.1) is 0 Å². The molecule has 1 unspecified atom stereocenters. The SMILES string of the molecule is CC(Oc1cccc(Cl)c1)C(=O)N1C[C@@H]2CCC[C@@]2(C(=O)O)C1. The zero-order valence-corrected chi connectivity index (χ0v) is 13.8. The maximum atomic E-state index is 12.6. The van der Waals surface area contributed by atoms with Crippen LogP contribution in [0.5, 0.6) is 5.75 Å². The van der Waals surface area contributed by atoms with Gasteiger partial charge in [0, 0.05) is 18.1 Å². The number of hydrogen-bond acceptors (Lipinski definition) is 3. The van der Waals surface area contributed by atoms with E-state index in [0.29, 0.717) is 23.7 Å². The molecule has 5 nitrogen and oxygen atoms in total. The standard InChI is InChI=1S/C17H20ClNO4/c1-11(23-14-6-2-5-13(18)8-14)15(20)19-9-12-4-3-7-17(12,10-19)16(21)22/h2,5-6,8,11-12H,3-4,7,9-10H2,1H3,(H,21,22)/t11?,12-,17+/m0/s1. The molecular weight excluding hydrogens is 318 g/mol. The average molecular weight is 338 g/mol. The van der Waals surface area contributed by atoms with Crippen molar-refractivity contribution in [2.45, 2.75) is 32.3 Å². The molecule has 1 aromatic rings. The van der Waals surface area contributed by atoms with E-state index in [0.717, 1.165) is 12.8 Å². The third-order valence-corrected chi connectivity index (χ3v) is 5.30. The zero-order chi connectivity index (χ0) is 16.6. The summed E-state index contributed by atoms with van der Waals surface area (Å²) in [6.07, 6.45) is 1.78. The van der Waals surface area contributed by atoms with Crippen LogP contribution in [0.25, 0.3) is 0 Å². The van der Waals surface area contributed by atoms with Gasteiger partial charge in [0.05, 0.1) is 5.41 Å². The molecular formula is C17H20ClNO4. The summed E-state index contributed by atoms with van der Waals surface area (Å²) in [7, 11) is 0. The van der Waals surface area contributed by atoms with Crippen LogP contribution in [-0.4, -0.2) is 41.1 Å². The number of halogens is 1. The summed E-state index contributed by atoms with van der Waals surface area (Å²) < 4.78 is 5.66. The number of ether oxygens (including phenoxy) is 1. The minimum absolute atomic E-state index is 0.0577. The molecule has 0 aromatic heterocycles. The topological polar surface area (TPSA) is 66.8 Å². The van der Waals surface area contributed by atoms with E-state index in [9.17, 15) is 14.7 Å². The van der Waals surface area contributed by atoms with E-state index < -0.39 is 17.5 Å². The van der Waals surface area contributed by atoms with Crippen LogP contribution in [0.3, 0.4) is 0 Å². The molecule has 2 aliphatic rings. The largest absolute Gasteiger partial charge is 0.481 e. The number of carbonyl (C=O) groups is 2. The van der Waals surface area contributed by atoms with E-state index in [1.54, 1.807) is 36.1 Å². The summed E-state index contributed by atoms with van der Waals surface area (Å²) in [5.74, 6) is -0.355. The molecule has 1 saturated carbocycles. The van der Waals surface area contributed by atoms with E-state index in [1.165, 1.54) is 0 Å². The summed E-state index contributed by atoms with van der Waals surface area (Å²) in [4.78, 5) is 25.9. The van der Waals surface area contributed by atoms with Gasteiger partial charge in [0.25, 0.3) is 5.91 Å². The molecule has 1 aliphatic carbocycles. The molecule has 1 aromatic carbocycles. The van der Waals surface area contributed by atoms with Gasteiger partial charge in [0.15, 0.2) is 6.10 Å². The number of nitrogens with zero attached hydrogens (tertiary/aromatic N) is 1. The van der Waals surface area contributed by atoms with Gasteiger partial charge in [-0.05, 0) is 43.9 Å². The van der Waals surface area contributed by atoms with E-state index >= 15 is 0 Å². The Hall–Kier alpha value is -1.75. The van der Waals surface area contributed by atoms with Gasteiger partial charge in [-0.2, -0.15) is 0 Å². The highest BCUT2D eigenvalue weighted by atomic mass is 35.5. The summed E-state index contributed by atoms with van der Waals surface area (Å²) >= 11 is 5.91. The minimum atomic E-state index is -0.779. The Morgan fingerprint density at radius 1 is 1.48 bits per heavy atom. The Kier molecular flexibility index (Phi) is 4.23. The molecule has 1 saturated heterocycles. The van der Waals surface area contributed by atoms with Gasteiger partial charge in [0.1, 0.15) is 5.75 Å². The van der Waals surface area contributed by atoms with Crippen LogP contribution in [0.1, 0.15) is 26.2 Å². The number of amides is 1. The van der Waals surface area contributed by atoms with Crippen molar-refractivity contribution < 1.29 is 19.4 Å². The second-order valence-electron chi connectivity index (χ2n) is 6.49. The van der Waals surface area contributed by atoms with E-state index in [-0.39, 0.29) is 18.4 Å². The van der Waals surface area contributed by atoms with E-state index in [1.807, 2.05) is 0 Å². The molecule has 1 aliphatic heterocycles. The Bertz CT molecular complexity index is 635. The number of carboxylic acids is 1. The molecule has 2 fully saturated rings. The van der Waals surface area contributed by atoms with Crippen LogP contribution in [0.15, 0.2) is 24.3 Å². The van der Waals surface area contributed by atoms with Gasteiger partial charge in [-0.3, -0.25) is 9.59 Å². The van der Waals surface area contributed by atoms with Crippen molar-refractivity contribution in [1.29, 1.82) is 0 Å². The van der Waals surface area contributed by atoms with Crippen molar-refractivity contribution in [3.8, 4) is 5.75 Å². The van der Waals surface area contributed by atoms with Crippen molar-refractivity contribution in [1.82, 2.24) is 4.90 Å². The van der Waals surface area contributed by atoms with Crippen LogP contribution in [-0.2, 0) is 9.59 Å². The van der Waals surface area contributed by atoms with Crippen LogP contribution in [0.4, 0.5) is 0 Å². The Balaban J connectivity index is 1.68.